The number of hydrogen-bond donors (Lipinski definition) is 1. The van der Waals surface area contributed by atoms with E-state index < -0.39 is 0 Å². The zero-order valence-corrected chi connectivity index (χ0v) is 10.4. The summed E-state index contributed by atoms with van der Waals surface area (Å²) in [5, 5.41) is 9.59. The van der Waals surface area contributed by atoms with Gasteiger partial charge < -0.3 is 5.11 Å². The van der Waals surface area contributed by atoms with Crippen molar-refractivity contribution in [1.29, 1.82) is 0 Å². The Balaban J connectivity index is 4.00. The molecule has 0 bridgehead atoms. The van der Waals surface area contributed by atoms with Gasteiger partial charge in [-0.15, -0.1) is 6.58 Å². The molecule has 0 aromatic carbocycles. The van der Waals surface area contributed by atoms with E-state index in [1.807, 2.05) is 17.1 Å². The summed E-state index contributed by atoms with van der Waals surface area (Å²) in [4.78, 5) is 0. The van der Waals surface area contributed by atoms with Gasteiger partial charge in [-0.05, 0) is 36.3 Å². The second kappa shape index (κ2) is 7.33. The average Bonchev–Trinajstić information content (AvgIpc) is 2.13. The van der Waals surface area contributed by atoms with Gasteiger partial charge in [0.05, 0.1) is 6.10 Å². The maximum atomic E-state index is 9.59. The minimum absolute atomic E-state index is 0.336. The van der Waals surface area contributed by atoms with Crippen LogP contribution in [0.2, 0.25) is 0 Å². The summed E-state index contributed by atoms with van der Waals surface area (Å²) in [7, 11) is 0. The minimum Gasteiger partial charge on any atom is -0.388 e. The zero-order valence-electron chi connectivity index (χ0n) is 8.26. The van der Waals surface area contributed by atoms with Gasteiger partial charge in [-0.2, -0.15) is 0 Å². The van der Waals surface area contributed by atoms with Crippen LogP contribution in [0.3, 0.4) is 0 Å². The first-order valence-corrected chi connectivity index (χ1v) is 5.57. The molecule has 0 fully saturated rings. The predicted octanol–water partition coefficient (Wildman–Crippen LogP) is 3.60. The van der Waals surface area contributed by atoms with Crippen LogP contribution >= 0.6 is 22.6 Å². The quantitative estimate of drug-likeness (QED) is 0.606. The first-order chi connectivity index (χ1) is 6.11. The zero-order chi connectivity index (χ0) is 10.3. The fourth-order valence-corrected chi connectivity index (χ4v) is 1.30. The Hall–Kier alpha value is -0.0900. The van der Waals surface area contributed by atoms with E-state index in [4.69, 9.17) is 0 Å². The summed E-state index contributed by atoms with van der Waals surface area (Å²) in [5.41, 5.74) is 2.28. The highest BCUT2D eigenvalue weighted by atomic mass is 127. The summed E-state index contributed by atoms with van der Waals surface area (Å²) in [6.07, 6.45) is 5.21. The Kier molecular flexibility index (Phi) is 7.28. The molecule has 0 radical (unpaired) electrons. The molecule has 0 saturated heterocycles. The Morgan fingerprint density at radius 2 is 2.15 bits per heavy atom. The third-order valence-electron chi connectivity index (χ3n) is 1.85. The number of hydrogen-bond acceptors (Lipinski definition) is 1. The highest BCUT2D eigenvalue weighted by Crippen LogP contribution is 2.11. The first-order valence-electron chi connectivity index (χ1n) is 4.33. The van der Waals surface area contributed by atoms with Crippen LogP contribution in [0, 0.1) is 0 Å². The lowest BCUT2D eigenvalue weighted by atomic mass is 10.1. The van der Waals surface area contributed by atoms with Crippen molar-refractivity contribution in [3.05, 3.63) is 34.0 Å². The molecule has 1 nitrogen and oxygen atoms in total. The summed E-state index contributed by atoms with van der Waals surface area (Å²) in [5.74, 6) is 0. The van der Waals surface area contributed by atoms with E-state index in [0.29, 0.717) is 6.42 Å². The Labute approximate surface area is 94.4 Å². The van der Waals surface area contributed by atoms with Crippen LogP contribution in [0.25, 0.3) is 0 Å². The maximum absolute atomic E-state index is 9.59. The molecule has 0 heterocycles. The molecule has 0 spiro atoms. The fourth-order valence-electron chi connectivity index (χ4n) is 0.882. The maximum Gasteiger partial charge on any atom is 0.0789 e. The molecule has 0 saturated carbocycles. The van der Waals surface area contributed by atoms with Gasteiger partial charge >= 0.3 is 0 Å². The van der Waals surface area contributed by atoms with Crippen LogP contribution in [0.1, 0.15) is 26.7 Å². The molecule has 0 unspecified atom stereocenters. The highest BCUT2D eigenvalue weighted by Gasteiger charge is 2.02. The molecule has 1 atom stereocenters. The molecule has 0 amide bonds. The SMILES string of the molecule is C=CC/C(C)=C\C[C@H](O)/C(C)=C/I. The summed E-state index contributed by atoms with van der Waals surface area (Å²) < 4.78 is 1.92. The monoisotopic (exact) mass is 292 g/mol. The van der Waals surface area contributed by atoms with Gasteiger partial charge in [0, 0.05) is 0 Å². The Morgan fingerprint density at radius 3 is 2.62 bits per heavy atom. The molecule has 13 heavy (non-hydrogen) atoms. The van der Waals surface area contributed by atoms with E-state index >= 15 is 0 Å². The molecule has 0 rings (SSSR count). The Morgan fingerprint density at radius 1 is 1.54 bits per heavy atom. The van der Waals surface area contributed by atoms with E-state index in [1.165, 1.54) is 5.57 Å². The van der Waals surface area contributed by atoms with Crippen LogP contribution in [0.15, 0.2) is 34.0 Å². The standard InChI is InChI=1S/C11H17IO/c1-4-5-9(2)6-7-11(13)10(3)8-12/h4,6,8,11,13H,1,5,7H2,2-3H3/b9-6-,10-8+/t11-/m0/s1. The lowest BCUT2D eigenvalue weighted by molar-refractivity contribution is 0.214. The molecule has 74 valence electrons. The van der Waals surface area contributed by atoms with E-state index in [9.17, 15) is 5.11 Å². The highest BCUT2D eigenvalue weighted by molar-refractivity contribution is 14.1. The van der Waals surface area contributed by atoms with Crippen LogP contribution in [-0.4, -0.2) is 11.2 Å². The smallest absolute Gasteiger partial charge is 0.0789 e. The van der Waals surface area contributed by atoms with Crippen molar-refractivity contribution in [3.8, 4) is 0 Å². The average molecular weight is 292 g/mol. The van der Waals surface area contributed by atoms with Gasteiger partial charge in [-0.25, -0.2) is 0 Å². The van der Waals surface area contributed by atoms with Gasteiger partial charge in [-0.3, -0.25) is 0 Å². The van der Waals surface area contributed by atoms with Gasteiger partial charge in [0.15, 0.2) is 0 Å². The second-order valence-electron chi connectivity index (χ2n) is 3.15. The fraction of sp³-hybridized carbons (Fsp3) is 0.455. The molecule has 0 aliphatic rings. The van der Waals surface area contributed by atoms with Crippen molar-refractivity contribution < 1.29 is 5.11 Å². The van der Waals surface area contributed by atoms with Crippen molar-refractivity contribution in [3.63, 3.8) is 0 Å². The van der Waals surface area contributed by atoms with E-state index in [-0.39, 0.29) is 6.10 Å². The normalized spacial score (nSPS) is 15.7. The topological polar surface area (TPSA) is 20.2 Å². The number of aliphatic hydroxyl groups excluding tert-OH is 1. The molecule has 2 heteroatoms. The molecule has 0 aliphatic carbocycles. The van der Waals surface area contributed by atoms with Gasteiger partial charge in [0.2, 0.25) is 0 Å². The second-order valence-corrected chi connectivity index (χ2v) is 3.77. The van der Waals surface area contributed by atoms with Gasteiger partial charge in [-0.1, -0.05) is 40.3 Å². The number of aliphatic hydroxyl groups is 1. The number of halogens is 1. The first kappa shape index (κ1) is 12.9. The predicted molar refractivity (Wildman–Crippen MR) is 67.0 cm³/mol. The van der Waals surface area contributed by atoms with Gasteiger partial charge in [0.25, 0.3) is 0 Å². The summed E-state index contributed by atoms with van der Waals surface area (Å²) >= 11 is 2.14. The molecular formula is C11H17IO. The van der Waals surface area contributed by atoms with Crippen molar-refractivity contribution >= 4 is 22.6 Å². The van der Waals surface area contributed by atoms with Gasteiger partial charge in [0.1, 0.15) is 0 Å². The van der Waals surface area contributed by atoms with E-state index in [1.54, 1.807) is 0 Å². The van der Waals surface area contributed by atoms with Crippen molar-refractivity contribution in [2.45, 2.75) is 32.8 Å². The third-order valence-corrected chi connectivity index (χ3v) is 2.84. The lowest BCUT2D eigenvalue weighted by Gasteiger charge is -2.07. The van der Waals surface area contributed by atoms with Crippen LogP contribution in [-0.2, 0) is 0 Å². The minimum atomic E-state index is -0.336. The van der Waals surface area contributed by atoms with E-state index in [0.717, 1.165) is 12.0 Å². The summed E-state index contributed by atoms with van der Waals surface area (Å²) in [6.45, 7) is 7.65. The van der Waals surface area contributed by atoms with Crippen LogP contribution in [0.4, 0.5) is 0 Å². The molecule has 1 N–H and O–H groups in total. The van der Waals surface area contributed by atoms with Crippen LogP contribution in [0.5, 0.6) is 0 Å². The lowest BCUT2D eigenvalue weighted by Crippen LogP contribution is -2.05. The van der Waals surface area contributed by atoms with Crippen molar-refractivity contribution in [2.24, 2.45) is 0 Å². The molecule has 0 aromatic rings. The molecule has 0 aromatic heterocycles. The third kappa shape index (κ3) is 6.05. The van der Waals surface area contributed by atoms with Crippen molar-refractivity contribution in [1.82, 2.24) is 0 Å². The number of allylic oxidation sites excluding steroid dienone is 2. The molecular weight excluding hydrogens is 275 g/mol. The van der Waals surface area contributed by atoms with Crippen molar-refractivity contribution in [2.75, 3.05) is 0 Å². The van der Waals surface area contributed by atoms with E-state index in [2.05, 4.69) is 42.2 Å². The number of rotatable bonds is 5. The molecule has 0 aliphatic heterocycles. The largest absolute Gasteiger partial charge is 0.388 e. The Bertz CT molecular complexity index is 216. The summed E-state index contributed by atoms with van der Waals surface area (Å²) in [6, 6.07) is 0. The van der Waals surface area contributed by atoms with Crippen LogP contribution < -0.4 is 0 Å².